The van der Waals surface area contributed by atoms with E-state index in [2.05, 4.69) is 26.2 Å². The molecule has 0 spiro atoms. The lowest BCUT2D eigenvalue weighted by atomic mass is 10.1. The largest absolute Gasteiger partial charge is 0.306 e. The van der Waals surface area contributed by atoms with Crippen LogP contribution in [0.15, 0.2) is 34.8 Å². The number of anilines is 1. The van der Waals surface area contributed by atoms with Gasteiger partial charge in [-0.2, -0.15) is 0 Å². The SMILES string of the molecule is Cc1nc(NC(=O)c2cc(F)ccc2[N+](=O)[O-])ccc1Br. The summed E-state index contributed by atoms with van der Waals surface area (Å²) in [6.45, 7) is 1.73. The van der Waals surface area contributed by atoms with E-state index in [0.29, 0.717) is 5.69 Å². The molecule has 0 unspecified atom stereocenters. The Morgan fingerprint density at radius 1 is 1.38 bits per heavy atom. The predicted octanol–water partition coefficient (Wildman–Crippen LogP) is 3.45. The number of carbonyl (C=O) groups is 1. The van der Waals surface area contributed by atoms with E-state index < -0.39 is 22.3 Å². The van der Waals surface area contributed by atoms with Gasteiger partial charge in [0.05, 0.1) is 10.6 Å². The van der Waals surface area contributed by atoms with Gasteiger partial charge < -0.3 is 5.32 Å². The first-order valence-corrected chi connectivity index (χ1v) is 6.56. The van der Waals surface area contributed by atoms with E-state index in [1.807, 2.05) is 0 Å². The molecule has 0 aliphatic carbocycles. The highest BCUT2D eigenvalue weighted by Gasteiger charge is 2.21. The third-order valence-electron chi connectivity index (χ3n) is 2.66. The molecule has 0 bridgehead atoms. The van der Waals surface area contributed by atoms with Crippen molar-refractivity contribution in [3.63, 3.8) is 0 Å². The number of aromatic nitrogens is 1. The maximum absolute atomic E-state index is 13.2. The minimum Gasteiger partial charge on any atom is -0.306 e. The Bertz CT molecular complexity index is 737. The van der Waals surface area contributed by atoms with Crippen LogP contribution in [-0.4, -0.2) is 15.8 Å². The van der Waals surface area contributed by atoms with Crippen molar-refractivity contribution < 1.29 is 14.1 Å². The van der Waals surface area contributed by atoms with Gasteiger partial charge in [0, 0.05) is 10.5 Å². The zero-order valence-electron chi connectivity index (χ0n) is 10.8. The number of pyridine rings is 1. The van der Waals surface area contributed by atoms with E-state index in [9.17, 15) is 19.3 Å². The highest BCUT2D eigenvalue weighted by molar-refractivity contribution is 9.10. The van der Waals surface area contributed by atoms with Gasteiger partial charge in [0.1, 0.15) is 17.2 Å². The fourth-order valence-electron chi connectivity index (χ4n) is 1.65. The van der Waals surface area contributed by atoms with Crippen LogP contribution in [0.4, 0.5) is 15.9 Å². The van der Waals surface area contributed by atoms with Crippen LogP contribution in [0.3, 0.4) is 0 Å². The smallest absolute Gasteiger partial charge is 0.282 e. The number of nitrogens with one attached hydrogen (secondary N) is 1. The molecule has 1 N–H and O–H groups in total. The summed E-state index contributed by atoms with van der Waals surface area (Å²) in [6, 6.07) is 5.90. The third kappa shape index (κ3) is 3.40. The van der Waals surface area contributed by atoms with Gasteiger partial charge in [0.2, 0.25) is 0 Å². The number of carbonyl (C=O) groups excluding carboxylic acids is 1. The van der Waals surface area contributed by atoms with E-state index in [0.717, 1.165) is 22.7 Å². The molecule has 108 valence electrons. The fraction of sp³-hybridized carbons (Fsp3) is 0.0769. The van der Waals surface area contributed by atoms with Gasteiger partial charge >= 0.3 is 0 Å². The van der Waals surface area contributed by atoms with Crippen molar-refractivity contribution in [2.45, 2.75) is 6.92 Å². The Kier molecular flexibility index (Phi) is 4.27. The lowest BCUT2D eigenvalue weighted by Crippen LogP contribution is -2.15. The molecule has 6 nitrogen and oxygen atoms in total. The molecule has 1 aromatic heterocycles. The van der Waals surface area contributed by atoms with Crippen LogP contribution in [0.25, 0.3) is 0 Å². The number of benzene rings is 1. The number of aryl methyl sites for hydroxylation is 1. The zero-order chi connectivity index (χ0) is 15.6. The summed E-state index contributed by atoms with van der Waals surface area (Å²) in [5.41, 5.74) is -0.188. The van der Waals surface area contributed by atoms with Crippen molar-refractivity contribution >= 4 is 33.3 Å². The van der Waals surface area contributed by atoms with Crippen molar-refractivity contribution in [1.82, 2.24) is 4.98 Å². The number of nitro benzene ring substituents is 1. The van der Waals surface area contributed by atoms with E-state index in [1.54, 1.807) is 13.0 Å². The van der Waals surface area contributed by atoms with Crippen LogP contribution >= 0.6 is 15.9 Å². The van der Waals surface area contributed by atoms with E-state index in [1.165, 1.54) is 6.07 Å². The maximum Gasteiger partial charge on any atom is 0.282 e. The van der Waals surface area contributed by atoms with Crippen LogP contribution in [-0.2, 0) is 0 Å². The number of rotatable bonds is 3. The Hall–Kier alpha value is -2.35. The van der Waals surface area contributed by atoms with E-state index >= 15 is 0 Å². The monoisotopic (exact) mass is 353 g/mol. The number of nitro groups is 1. The maximum atomic E-state index is 13.2. The molecular formula is C13H9BrFN3O3. The average Bonchev–Trinajstić information content (AvgIpc) is 2.42. The summed E-state index contributed by atoms with van der Waals surface area (Å²) in [4.78, 5) is 26.3. The van der Waals surface area contributed by atoms with Crippen LogP contribution in [0, 0.1) is 22.9 Å². The van der Waals surface area contributed by atoms with Crippen LogP contribution in [0.1, 0.15) is 16.1 Å². The second-order valence-electron chi connectivity index (χ2n) is 4.14. The number of halogens is 2. The number of nitrogens with zero attached hydrogens (tertiary/aromatic N) is 2. The van der Waals surface area contributed by atoms with Gasteiger partial charge in [-0.15, -0.1) is 0 Å². The third-order valence-corrected chi connectivity index (χ3v) is 3.50. The molecule has 1 heterocycles. The van der Waals surface area contributed by atoms with Gasteiger partial charge in [0.25, 0.3) is 11.6 Å². The van der Waals surface area contributed by atoms with Crippen molar-refractivity contribution in [3.05, 3.63) is 62.0 Å². The normalized spacial score (nSPS) is 10.2. The summed E-state index contributed by atoms with van der Waals surface area (Å²) in [7, 11) is 0. The van der Waals surface area contributed by atoms with Crippen molar-refractivity contribution in [3.8, 4) is 0 Å². The van der Waals surface area contributed by atoms with Gasteiger partial charge in [-0.1, -0.05) is 0 Å². The molecule has 0 atom stereocenters. The van der Waals surface area contributed by atoms with Gasteiger partial charge in [-0.05, 0) is 47.1 Å². The first kappa shape index (κ1) is 15.0. The molecule has 1 amide bonds. The number of hydrogen-bond donors (Lipinski definition) is 1. The van der Waals surface area contributed by atoms with Crippen LogP contribution < -0.4 is 5.32 Å². The second kappa shape index (κ2) is 5.96. The molecule has 0 saturated carbocycles. The molecule has 21 heavy (non-hydrogen) atoms. The molecule has 1 aromatic carbocycles. The lowest BCUT2D eigenvalue weighted by Gasteiger charge is -2.07. The van der Waals surface area contributed by atoms with Crippen LogP contribution in [0.2, 0.25) is 0 Å². The standard InChI is InChI=1S/C13H9BrFN3O3/c1-7-10(14)3-5-12(16-7)17-13(19)9-6-8(15)2-4-11(9)18(20)21/h2-6H,1H3,(H,16,17,19). The Labute approximate surface area is 127 Å². The topological polar surface area (TPSA) is 85.1 Å². The highest BCUT2D eigenvalue weighted by atomic mass is 79.9. The summed E-state index contributed by atoms with van der Waals surface area (Å²) in [5.74, 6) is -1.31. The zero-order valence-corrected chi connectivity index (χ0v) is 12.3. The second-order valence-corrected chi connectivity index (χ2v) is 4.99. The molecule has 0 fully saturated rings. The molecule has 0 aliphatic rings. The van der Waals surface area contributed by atoms with Gasteiger partial charge in [-0.25, -0.2) is 9.37 Å². The molecule has 0 saturated heterocycles. The van der Waals surface area contributed by atoms with Crippen molar-refractivity contribution in [1.29, 1.82) is 0 Å². The van der Waals surface area contributed by atoms with Crippen LogP contribution in [0.5, 0.6) is 0 Å². The molecule has 8 heteroatoms. The first-order valence-electron chi connectivity index (χ1n) is 5.77. The summed E-state index contributed by atoms with van der Waals surface area (Å²) < 4.78 is 14.0. The fourth-order valence-corrected chi connectivity index (χ4v) is 1.87. The highest BCUT2D eigenvalue weighted by Crippen LogP contribution is 2.21. The summed E-state index contributed by atoms with van der Waals surface area (Å²) in [6.07, 6.45) is 0. The first-order chi connectivity index (χ1) is 9.88. The van der Waals surface area contributed by atoms with E-state index in [4.69, 9.17) is 0 Å². The minimum absolute atomic E-state index is 0.222. The number of amides is 1. The Morgan fingerprint density at radius 2 is 2.10 bits per heavy atom. The Morgan fingerprint density at radius 3 is 2.71 bits per heavy atom. The Balaban J connectivity index is 2.34. The van der Waals surface area contributed by atoms with E-state index in [-0.39, 0.29) is 11.4 Å². The molecule has 2 aromatic rings. The lowest BCUT2D eigenvalue weighted by molar-refractivity contribution is -0.385. The summed E-state index contributed by atoms with van der Waals surface area (Å²) >= 11 is 3.27. The molecular weight excluding hydrogens is 345 g/mol. The summed E-state index contributed by atoms with van der Waals surface area (Å²) in [5, 5.41) is 13.3. The molecule has 0 radical (unpaired) electrons. The van der Waals surface area contributed by atoms with Gasteiger partial charge in [-0.3, -0.25) is 14.9 Å². The molecule has 0 aliphatic heterocycles. The number of hydrogen-bond acceptors (Lipinski definition) is 4. The minimum atomic E-state index is -0.796. The molecule has 2 rings (SSSR count). The predicted molar refractivity (Wildman–Crippen MR) is 77.7 cm³/mol. The quantitative estimate of drug-likeness (QED) is 0.676. The average molecular weight is 354 g/mol. The van der Waals surface area contributed by atoms with Crippen molar-refractivity contribution in [2.75, 3.05) is 5.32 Å². The van der Waals surface area contributed by atoms with Gasteiger partial charge in [0.15, 0.2) is 0 Å². The van der Waals surface area contributed by atoms with Crippen molar-refractivity contribution in [2.24, 2.45) is 0 Å².